The first-order valence-corrected chi connectivity index (χ1v) is 6.33. The van der Waals surface area contributed by atoms with Crippen LogP contribution in [-0.2, 0) is 0 Å². The molecule has 1 heterocycles. The van der Waals surface area contributed by atoms with Gasteiger partial charge in [0.15, 0.2) is 0 Å². The summed E-state index contributed by atoms with van der Waals surface area (Å²) in [5, 5.41) is 3.34. The van der Waals surface area contributed by atoms with Gasteiger partial charge in [0.2, 0.25) is 5.88 Å². The van der Waals surface area contributed by atoms with Gasteiger partial charge in [0.1, 0.15) is 12.1 Å². The maximum atomic E-state index is 5.43. The fraction of sp³-hybridized carbons (Fsp3) is 0.692. The number of hydrogen-bond acceptors (Lipinski definition) is 4. The Morgan fingerprint density at radius 3 is 2.76 bits per heavy atom. The molecule has 96 valence electrons. The van der Waals surface area contributed by atoms with E-state index in [1.165, 1.54) is 6.42 Å². The van der Waals surface area contributed by atoms with Crippen LogP contribution in [0.25, 0.3) is 0 Å². The molecule has 0 saturated heterocycles. The monoisotopic (exact) mass is 237 g/mol. The van der Waals surface area contributed by atoms with Crippen molar-refractivity contribution in [3.05, 3.63) is 11.9 Å². The first-order chi connectivity index (χ1) is 8.15. The van der Waals surface area contributed by atoms with Gasteiger partial charge in [-0.2, -0.15) is 0 Å². The van der Waals surface area contributed by atoms with Crippen molar-refractivity contribution in [3.8, 4) is 5.88 Å². The lowest BCUT2D eigenvalue weighted by Gasteiger charge is -2.11. The Bertz CT molecular complexity index is 339. The van der Waals surface area contributed by atoms with Gasteiger partial charge in [-0.1, -0.05) is 13.8 Å². The largest absolute Gasteiger partial charge is 0.478 e. The Kier molecular flexibility index (Phi) is 5.73. The molecule has 1 aromatic heterocycles. The van der Waals surface area contributed by atoms with Crippen molar-refractivity contribution in [3.63, 3.8) is 0 Å². The summed E-state index contributed by atoms with van der Waals surface area (Å²) in [5.74, 6) is 2.31. The maximum Gasteiger partial charge on any atom is 0.221 e. The van der Waals surface area contributed by atoms with E-state index in [4.69, 9.17) is 4.74 Å². The van der Waals surface area contributed by atoms with Crippen LogP contribution in [0.2, 0.25) is 0 Å². The Labute approximate surface area is 104 Å². The lowest BCUT2D eigenvalue weighted by molar-refractivity contribution is 0.324. The highest BCUT2D eigenvalue weighted by Gasteiger charge is 2.06. The van der Waals surface area contributed by atoms with Crippen LogP contribution >= 0.6 is 0 Å². The van der Waals surface area contributed by atoms with E-state index in [1.807, 2.05) is 13.8 Å². The number of nitrogens with zero attached hydrogens (tertiary/aromatic N) is 2. The second-order valence-electron chi connectivity index (χ2n) is 4.55. The Balaban J connectivity index is 2.50. The van der Waals surface area contributed by atoms with Gasteiger partial charge in [-0.3, -0.25) is 0 Å². The van der Waals surface area contributed by atoms with Gasteiger partial charge < -0.3 is 10.1 Å². The molecule has 4 nitrogen and oxygen atoms in total. The van der Waals surface area contributed by atoms with Crippen molar-refractivity contribution >= 4 is 5.82 Å². The first kappa shape index (κ1) is 13.7. The molecular weight excluding hydrogens is 214 g/mol. The molecule has 0 radical (unpaired) electrons. The molecule has 1 aromatic rings. The van der Waals surface area contributed by atoms with Crippen LogP contribution in [0, 0.1) is 12.8 Å². The van der Waals surface area contributed by atoms with Gasteiger partial charge in [0, 0.05) is 6.54 Å². The lowest BCUT2D eigenvalue weighted by atomic mass is 10.1. The van der Waals surface area contributed by atoms with Gasteiger partial charge in [-0.15, -0.1) is 0 Å². The number of ether oxygens (including phenoxy) is 1. The highest BCUT2D eigenvalue weighted by molar-refractivity contribution is 5.47. The third-order valence-electron chi connectivity index (χ3n) is 2.57. The normalized spacial score (nSPS) is 10.6. The smallest absolute Gasteiger partial charge is 0.221 e. The van der Waals surface area contributed by atoms with Gasteiger partial charge >= 0.3 is 0 Å². The summed E-state index contributed by atoms with van der Waals surface area (Å²) in [7, 11) is 0. The highest BCUT2D eigenvalue weighted by Crippen LogP contribution is 2.20. The zero-order valence-corrected chi connectivity index (χ0v) is 11.3. The van der Waals surface area contributed by atoms with Crippen molar-refractivity contribution < 1.29 is 4.74 Å². The molecule has 0 unspecified atom stereocenters. The zero-order valence-electron chi connectivity index (χ0n) is 11.3. The molecule has 0 aromatic carbocycles. The second-order valence-corrected chi connectivity index (χ2v) is 4.55. The Hall–Kier alpha value is -1.32. The van der Waals surface area contributed by atoms with Gasteiger partial charge in [-0.05, 0) is 32.6 Å². The molecule has 0 bridgehead atoms. The summed E-state index contributed by atoms with van der Waals surface area (Å²) < 4.78 is 5.43. The molecule has 4 heteroatoms. The van der Waals surface area contributed by atoms with Gasteiger partial charge in [0.05, 0.1) is 12.2 Å². The summed E-state index contributed by atoms with van der Waals surface area (Å²) in [6, 6.07) is 0. The molecule has 1 N–H and O–H groups in total. The second kappa shape index (κ2) is 7.09. The molecule has 1 rings (SSSR count). The van der Waals surface area contributed by atoms with Crippen molar-refractivity contribution in [1.29, 1.82) is 0 Å². The van der Waals surface area contributed by atoms with Crippen LogP contribution in [0.4, 0.5) is 5.82 Å². The van der Waals surface area contributed by atoms with Crippen molar-refractivity contribution in [2.45, 2.75) is 40.5 Å². The topological polar surface area (TPSA) is 47.0 Å². The lowest BCUT2D eigenvalue weighted by Crippen LogP contribution is -2.08. The number of nitrogens with one attached hydrogen (secondary N) is 1. The van der Waals surface area contributed by atoms with Crippen LogP contribution in [0.5, 0.6) is 5.88 Å². The van der Waals surface area contributed by atoms with E-state index >= 15 is 0 Å². The number of rotatable bonds is 7. The van der Waals surface area contributed by atoms with E-state index in [-0.39, 0.29) is 0 Å². The Morgan fingerprint density at radius 2 is 2.12 bits per heavy atom. The highest BCUT2D eigenvalue weighted by atomic mass is 16.5. The molecule has 0 aliphatic rings. The van der Waals surface area contributed by atoms with Crippen LogP contribution < -0.4 is 10.1 Å². The summed E-state index contributed by atoms with van der Waals surface area (Å²) in [4.78, 5) is 8.35. The molecule has 0 atom stereocenters. The first-order valence-electron chi connectivity index (χ1n) is 6.33. The maximum absolute atomic E-state index is 5.43. The fourth-order valence-electron chi connectivity index (χ4n) is 1.61. The van der Waals surface area contributed by atoms with E-state index in [9.17, 15) is 0 Å². The summed E-state index contributed by atoms with van der Waals surface area (Å²) in [5.41, 5.74) is 0.985. The summed E-state index contributed by atoms with van der Waals surface area (Å²) in [6.45, 7) is 9.99. The minimum atomic E-state index is 0.630. The van der Waals surface area contributed by atoms with E-state index in [2.05, 4.69) is 29.1 Å². The number of hydrogen-bond donors (Lipinski definition) is 1. The van der Waals surface area contributed by atoms with Gasteiger partial charge in [-0.25, -0.2) is 9.97 Å². The fourth-order valence-corrected chi connectivity index (χ4v) is 1.61. The third-order valence-corrected chi connectivity index (χ3v) is 2.57. The number of anilines is 1. The number of aromatic nitrogens is 2. The van der Waals surface area contributed by atoms with Crippen molar-refractivity contribution in [2.24, 2.45) is 5.92 Å². The summed E-state index contributed by atoms with van der Waals surface area (Å²) in [6.07, 6.45) is 3.93. The van der Waals surface area contributed by atoms with E-state index in [0.29, 0.717) is 12.5 Å². The van der Waals surface area contributed by atoms with Crippen LogP contribution in [0.15, 0.2) is 6.33 Å². The summed E-state index contributed by atoms with van der Waals surface area (Å²) >= 11 is 0. The quantitative estimate of drug-likeness (QED) is 0.740. The molecule has 0 saturated carbocycles. The standard InChI is InChI=1S/C13H23N3O/c1-5-17-13-11(4)12(15-9-16-13)14-8-6-7-10(2)3/h9-10H,5-8H2,1-4H3,(H,14,15,16). The predicted octanol–water partition coefficient (Wildman–Crippen LogP) is 3.03. The third kappa shape index (κ3) is 4.59. The molecule has 0 aliphatic carbocycles. The minimum absolute atomic E-state index is 0.630. The van der Waals surface area contributed by atoms with Crippen molar-refractivity contribution in [1.82, 2.24) is 9.97 Å². The van der Waals surface area contributed by atoms with Crippen LogP contribution in [0.3, 0.4) is 0 Å². The van der Waals surface area contributed by atoms with Gasteiger partial charge in [0.25, 0.3) is 0 Å². The SMILES string of the molecule is CCOc1ncnc(NCCCC(C)C)c1C. The minimum Gasteiger partial charge on any atom is -0.478 e. The zero-order chi connectivity index (χ0) is 12.7. The molecule has 0 fully saturated rings. The van der Waals surface area contributed by atoms with E-state index in [1.54, 1.807) is 6.33 Å². The van der Waals surface area contributed by atoms with E-state index in [0.717, 1.165) is 30.3 Å². The average molecular weight is 237 g/mol. The molecule has 0 amide bonds. The molecular formula is C13H23N3O. The van der Waals surface area contributed by atoms with Crippen molar-refractivity contribution in [2.75, 3.05) is 18.5 Å². The molecule has 0 spiro atoms. The predicted molar refractivity (Wildman–Crippen MR) is 70.5 cm³/mol. The van der Waals surface area contributed by atoms with Crippen LogP contribution in [0.1, 0.15) is 39.2 Å². The Morgan fingerprint density at radius 1 is 1.35 bits per heavy atom. The average Bonchev–Trinajstić information content (AvgIpc) is 2.29. The van der Waals surface area contributed by atoms with E-state index < -0.39 is 0 Å². The van der Waals surface area contributed by atoms with Crippen LogP contribution in [-0.4, -0.2) is 23.1 Å². The molecule has 0 aliphatic heterocycles. The molecule has 17 heavy (non-hydrogen) atoms.